The van der Waals surface area contributed by atoms with E-state index in [0.29, 0.717) is 30.1 Å². The highest BCUT2D eigenvalue weighted by atomic mass is 16.5. The second kappa shape index (κ2) is 10.3. The molecule has 0 unspecified atom stereocenters. The van der Waals surface area contributed by atoms with Crippen LogP contribution in [0.4, 0.5) is 0 Å². The standard InChI is InChI=1S/C20H26N4O5/c1-28-20-19-18(22-12-23-20)15(7-21-16(9-25)17(27)10-26)8-24(19)13-29-11-14-5-3-2-4-6-14/h2-6,8,12,16-17,21,25-27H,7,9-11,13H2,1H3/t16-,17+/m1/s1. The minimum Gasteiger partial charge on any atom is -0.479 e. The highest BCUT2D eigenvalue weighted by molar-refractivity contribution is 5.83. The van der Waals surface area contributed by atoms with Crippen LogP contribution in [0.3, 0.4) is 0 Å². The molecule has 0 fully saturated rings. The van der Waals surface area contributed by atoms with Gasteiger partial charge in [0.05, 0.1) is 39.1 Å². The zero-order chi connectivity index (χ0) is 20.6. The summed E-state index contributed by atoms with van der Waals surface area (Å²) in [7, 11) is 1.54. The molecule has 0 aliphatic carbocycles. The number of fused-ring (bicyclic) bond motifs is 1. The molecule has 0 saturated carbocycles. The van der Waals surface area contributed by atoms with E-state index in [2.05, 4.69) is 15.3 Å². The minimum absolute atomic E-state index is 0.276. The first-order valence-corrected chi connectivity index (χ1v) is 9.29. The molecule has 0 spiro atoms. The fourth-order valence-corrected chi connectivity index (χ4v) is 3.08. The van der Waals surface area contributed by atoms with Crippen LogP contribution in [0.2, 0.25) is 0 Å². The molecule has 2 atom stereocenters. The van der Waals surface area contributed by atoms with Crippen molar-refractivity contribution in [2.45, 2.75) is 32.0 Å². The van der Waals surface area contributed by atoms with Crippen LogP contribution in [-0.2, 0) is 24.6 Å². The van der Waals surface area contributed by atoms with E-state index >= 15 is 0 Å². The highest BCUT2D eigenvalue weighted by Gasteiger charge is 2.20. The molecule has 0 bridgehead atoms. The average Bonchev–Trinajstić information content (AvgIpc) is 3.12. The van der Waals surface area contributed by atoms with Gasteiger partial charge in [-0.3, -0.25) is 0 Å². The molecule has 4 N–H and O–H groups in total. The number of hydrogen-bond donors (Lipinski definition) is 4. The Labute approximate surface area is 168 Å². The third-order valence-electron chi connectivity index (χ3n) is 4.63. The number of aliphatic hydroxyl groups excluding tert-OH is 3. The summed E-state index contributed by atoms with van der Waals surface area (Å²) >= 11 is 0. The molecule has 2 heterocycles. The quantitative estimate of drug-likeness (QED) is 0.364. The van der Waals surface area contributed by atoms with E-state index in [1.165, 1.54) is 6.33 Å². The Bertz CT molecular complexity index is 903. The Morgan fingerprint density at radius 2 is 1.93 bits per heavy atom. The van der Waals surface area contributed by atoms with E-state index < -0.39 is 18.8 Å². The summed E-state index contributed by atoms with van der Waals surface area (Å²) in [5.41, 5.74) is 3.27. The lowest BCUT2D eigenvalue weighted by molar-refractivity contribution is 0.0410. The van der Waals surface area contributed by atoms with Gasteiger partial charge in [-0.15, -0.1) is 0 Å². The number of aromatic nitrogens is 3. The Morgan fingerprint density at radius 1 is 1.14 bits per heavy atom. The molecule has 29 heavy (non-hydrogen) atoms. The maximum absolute atomic E-state index is 9.78. The lowest BCUT2D eigenvalue weighted by Gasteiger charge is -2.20. The first kappa shape index (κ1) is 21.2. The predicted octanol–water partition coefficient (Wildman–Crippen LogP) is 0.418. The number of methoxy groups -OCH3 is 1. The van der Waals surface area contributed by atoms with Crippen LogP contribution in [0.5, 0.6) is 5.88 Å². The fraction of sp³-hybridized carbons (Fsp3) is 0.400. The molecule has 1 aromatic carbocycles. The summed E-state index contributed by atoms with van der Waals surface area (Å²) in [5, 5.41) is 31.4. The highest BCUT2D eigenvalue weighted by Crippen LogP contribution is 2.26. The zero-order valence-corrected chi connectivity index (χ0v) is 16.2. The van der Waals surface area contributed by atoms with Gasteiger partial charge in [0.25, 0.3) is 0 Å². The van der Waals surface area contributed by atoms with Gasteiger partial charge >= 0.3 is 0 Å². The third kappa shape index (κ3) is 5.08. The van der Waals surface area contributed by atoms with Gasteiger partial charge in [0.15, 0.2) is 0 Å². The van der Waals surface area contributed by atoms with Crippen molar-refractivity contribution >= 4 is 11.0 Å². The second-order valence-corrected chi connectivity index (χ2v) is 6.59. The van der Waals surface area contributed by atoms with Gasteiger partial charge in [-0.1, -0.05) is 30.3 Å². The maximum Gasteiger partial charge on any atom is 0.241 e. The van der Waals surface area contributed by atoms with Gasteiger partial charge in [0.2, 0.25) is 5.88 Å². The largest absolute Gasteiger partial charge is 0.479 e. The first-order valence-electron chi connectivity index (χ1n) is 9.29. The molecule has 0 aliphatic rings. The van der Waals surface area contributed by atoms with Crippen molar-refractivity contribution in [2.24, 2.45) is 0 Å². The molecule has 3 aromatic rings. The van der Waals surface area contributed by atoms with Crippen molar-refractivity contribution in [1.29, 1.82) is 0 Å². The molecule has 0 radical (unpaired) electrons. The van der Waals surface area contributed by atoms with Crippen LogP contribution < -0.4 is 10.1 Å². The summed E-state index contributed by atoms with van der Waals surface area (Å²) in [4.78, 5) is 8.54. The van der Waals surface area contributed by atoms with E-state index in [0.717, 1.165) is 11.1 Å². The number of nitrogens with one attached hydrogen (secondary N) is 1. The molecular weight excluding hydrogens is 376 g/mol. The van der Waals surface area contributed by atoms with Crippen LogP contribution in [-0.4, -0.2) is 62.3 Å². The van der Waals surface area contributed by atoms with Crippen molar-refractivity contribution < 1.29 is 24.8 Å². The number of benzene rings is 1. The Kier molecular flexibility index (Phi) is 7.50. The van der Waals surface area contributed by atoms with Crippen LogP contribution >= 0.6 is 0 Å². The van der Waals surface area contributed by atoms with E-state index in [1.54, 1.807) is 7.11 Å². The summed E-state index contributed by atoms with van der Waals surface area (Å²) in [6.45, 7) is 0.310. The summed E-state index contributed by atoms with van der Waals surface area (Å²) < 4.78 is 13.1. The molecule has 0 aliphatic heterocycles. The SMILES string of the molecule is COc1ncnc2c(CN[C@H](CO)[C@@H](O)CO)cn(COCc3ccccc3)c12. The van der Waals surface area contributed by atoms with Crippen molar-refractivity contribution in [3.63, 3.8) is 0 Å². The van der Waals surface area contributed by atoms with Crippen LogP contribution in [0.25, 0.3) is 11.0 Å². The lowest BCUT2D eigenvalue weighted by Crippen LogP contribution is -2.44. The fourth-order valence-electron chi connectivity index (χ4n) is 3.08. The van der Waals surface area contributed by atoms with Crippen molar-refractivity contribution in [1.82, 2.24) is 19.9 Å². The molecule has 9 heteroatoms. The molecule has 2 aromatic heterocycles. The Hall–Kier alpha value is -2.56. The van der Waals surface area contributed by atoms with E-state index in [9.17, 15) is 10.2 Å². The molecule has 0 saturated heterocycles. The van der Waals surface area contributed by atoms with Crippen LogP contribution in [0.1, 0.15) is 11.1 Å². The van der Waals surface area contributed by atoms with E-state index in [-0.39, 0.29) is 13.3 Å². The zero-order valence-electron chi connectivity index (χ0n) is 16.2. The Morgan fingerprint density at radius 3 is 2.62 bits per heavy atom. The predicted molar refractivity (Wildman–Crippen MR) is 106 cm³/mol. The number of nitrogens with zero attached hydrogens (tertiary/aromatic N) is 3. The van der Waals surface area contributed by atoms with Gasteiger partial charge in [-0.25, -0.2) is 4.98 Å². The van der Waals surface area contributed by atoms with Gasteiger partial charge in [-0.2, -0.15) is 4.98 Å². The monoisotopic (exact) mass is 402 g/mol. The second-order valence-electron chi connectivity index (χ2n) is 6.59. The molecule has 156 valence electrons. The topological polar surface area (TPSA) is 122 Å². The maximum atomic E-state index is 9.78. The molecule has 3 rings (SSSR count). The van der Waals surface area contributed by atoms with Crippen molar-refractivity contribution in [3.8, 4) is 5.88 Å². The smallest absolute Gasteiger partial charge is 0.241 e. The van der Waals surface area contributed by atoms with Gasteiger partial charge in [0.1, 0.15) is 24.1 Å². The average molecular weight is 402 g/mol. The number of aliphatic hydroxyl groups is 3. The van der Waals surface area contributed by atoms with E-state index in [4.69, 9.17) is 14.6 Å². The first-order chi connectivity index (χ1) is 14.2. The normalized spacial score (nSPS) is 13.5. The van der Waals surface area contributed by atoms with Crippen LogP contribution in [0, 0.1) is 0 Å². The van der Waals surface area contributed by atoms with Gasteiger partial charge in [0, 0.05) is 18.3 Å². The van der Waals surface area contributed by atoms with Crippen LogP contribution in [0.15, 0.2) is 42.9 Å². The van der Waals surface area contributed by atoms with Gasteiger partial charge in [-0.05, 0) is 5.56 Å². The minimum atomic E-state index is -1.06. The number of rotatable bonds is 11. The lowest BCUT2D eigenvalue weighted by atomic mass is 10.1. The summed E-state index contributed by atoms with van der Waals surface area (Å²) in [6, 6.07) is 9.21. The summed E-state index contributed by atoms with van der Waals surface area (Å²) in [6.07, 6.45) is 2.23. The molecular formula is C20H26N4O5. The van der Waals surface area contributed by atoms with E-state index in [1.807, 2.05) is 41.1 Å². The number of hydrogen-bond acceptors (Lipinski definition) is 8. The summed E-state index contributed by atoms with van der Waals surface area (Å²) in [5.74, 6) is 0.429. The number of ether oxygens (including phenoxy) is 2. The van der Waals surface area contributed by atoms with Crippen molar-refractivity contribution in [3.05, 3.63) is 54.0 Å². The molecule has 9 nitrogen and oxygen atoms in total. The Balaban J connectivity index is 1.79. The molecule has 0 amide bonds. The third-order valence-corrected chi connectivity index (χ3v) is 4.63. The van der Waals surface area contributed by atoms with Crippen molar-refractivity contribution in [2.75, 3.05) is 20.3 Å². The van der Waals surface area contributed by atoms with Gasteiger partial charge < -0.3 is 34.7 Å².